The number of urea groups is 1. The molecule has 3 amide bonds. The SMILES string of the molecule is CCCN1CCCN(C(=O)N(CCC(=O)OC)c2cccc(F)c2)CC1=O. The smallest absolute Gasteiger partial charge is 0.324 e. The minimum absolute atomic E-state index is 0.0249. The van der Waals surface area contributed by atoms with Crippen molar-refractivity contribution in [3.8, 4) is 0 Å². The summed E-state index contributed by atoms with van der Waals surface area (Å²) in [7, 11) is 1.27. The molecule has 8 heteroatoms. The highest BCUT2D eigenvalue weighted by Gasteiger charge is 2.28. The molecule has 0 atom stereocenters. The molecule has 0 aromatic heterocycles. The van der Waals surface area contributed by atoms with E-state index >= 15 is 0 Å². The van der Waals surface area contributed by atoms with Gasteiger partial charge in [0.1, 0.15) is 12.4 Å². The van der Waals surface area contributed by atoms with E-state index < -0.39 is 17.8 Å². The maximum atomic E-state index is 13.7. The number of hydrogen-bond donors (Lipinski definition) is 0. The number of benzene rings is 1. The number of carbonyl (C=O) groups excluding carboxylic acids is 3. The summed E-state index contributed by atoms with van der Waals surface area (Å²) in [4.78, 5) is 41.6. The van der Waals surface area contributed by atoms with Crippen molar-refractivity contribution in [2.24, 2.45) is 0 Å². The Morgan fingerprint density at radius 3 is 2.74 bits per heavy atom. The van der Waals surface area contributed by atoms with E-state index in [1.54, 1.807) is 11.0 Å². The summed E-state index contributed by atoms with van der Waals surface area (Å²) in [5.74, 6) is -1.05. The molecule has 7 nitrogen and oxygen atoms in total. The Kier molecular flexibility index (Phi) is 7.57. The topological polar surface area (TPSA) is 70.2 Å². The number of halogens is 1. The van der Waals surface area contributed by atoms with Gasteiger partial charge in [0.15, 0.2) is 0 Å². The lowest BCUT2D eigenvalue weighted by Gasteiger charge is -2.29. The lowest BCUT2D eigenvalue weighted by molar-refractivity contribution is -0.140. The van der Waals surface area contributed by atoms with Gasteiger partial charge in [0.25, 0.3) is 0 Å². The highest BCUT2D eigenvalue weighted by atomic mass is 19.1. The molecule has 2 rings (SSSR count). The van der Waals surface area contributed by atoms with Gasteiger partial charge in [-0.2, -0.15) is 0 Å². The van der Waals surface area contributed by atoms with E-state index in [-0.39, 0.29) is 25.4 Å². The molecule has 0 unspecified atom stereocenters. The maximum Gasteiger partial charge on any atom is 0.324 e. The first kappa shape index (κ1) is 20.7. The molecule has 1 saturated heterocycles. The number of anilines is 1. The second kappa shape index (κ2) is 9.89. The van der Waals surface area contributed by atoms with Crippen LogP contribution in [0.4, 0.5) is 14.9 Å². The first-order valence-corrected chi connectivity index (χ1v) is 9.12. The van der Waals surface area contributed by atoms with Gasteiger partial charge >= 0.3 is 12.0 Å². The van der Waals surface area contributed by atoms with E-state index in [1.165, 1.54) is 35.1 Å². The summed E-state index contributed by atoms with van der Waals surface area (Å²) >= 11 is 0. The molecule has 1 fully saturated rings. The molecule has 1 aromatic rings. The molecule has 27 heavy (non-hydrogen) atoms. The predicted octanol–water partition coefficient (Wildman–Crippen LogP) is 2.26. The number of nitrogens with zero attached hydrogens (tertiary/aromatic N) is 3. The van der Waals surface area contributed by atoms with Crippen molar-refractivity contribution in [1.82, 2.24) is 9.80 Å². The lowest BCUT2D eigenvalue weighted by atomic mass is 10.2. The predicted molar refractivity (Wildman–Crippen MR) is 98.8 cm³/mol. The third kappa shape index (κ3) is 5.67. The van der Waals surface area contributed by atoms with Gasteiger partial charge in [-0.1, -0.05) is 13.0 Å². The average Bonchev–Trinajstić information content (AvgIpc) is 2.83. The standard InChI is InChI=1S/C19H26FN3O4/c1-3-9-21-10-5-11-22(14-17(21)24)19(26)23(12-8-18(25)27-2)16-7-4-6-15(20)13-16/h4,6-7,13H,3,5,8-12,14H2,1-2H3. The van der Waals surface area contributed by atoms with Crippen LogP contribution in [0.5, 0.6) is 0 Å². The molecule has 0 saturated carbocycles. The van der Waals surface area contributed by atoms with Crippen LogP contribution in [-0.2, 0) is 14.3 Å². The van der Waals surface area contributed by atoms with Crippen molar-refractivity contribution in [2.45, 2.75) is 26.2 Å². The van der Waals surface area contributed by atoms with E-state index in [1.807, 2.05) is 6.92 Å². The normalized spacial score (nSPS) is 14.7. The van der Waals surface area contributed by atoms with Gasteiger partial charge in [-0.3, -0.25) is 14.5 Å². The minimum Gasteiger partial charge on any atom is -0.469 e. The van der Waals surface area contributed by atoms with Crippen LogP contribution in [0.3, 0.4) is 0 Å². The van der Waals surface area contributed by atoms with Gasteiger partial charge in [0.05, 0.1) is 13.5 Å². The van der Waals surface area contributed by atoms with Crippen LogP contribution in [0.2, 0.25) is 0 Å². The molecular weight excluding hydrogens is 353 g/mol. The fourth-order valence-electron chi connectivity index (χ4n) is 3.04. The van der Waals surface area contributed by atoms with Crippen LogP contribution in [-0.4, -0.2) is 67.5 Å². The molecule has 0 spiro atoms. The highest BCUT2D eigenvalue weighted by molar-refractivity contribution is 5.95. The van der Waals surface area contributed by atoms with Gasteiger partial charge in [-0.15, -0.1) is 0 Å². The first-order chi connectivity index (χ1) is 13.0. The third-order valence-electron chi connectivity index (χ3n) is 4.42. The van der Waals surface area contributed by atoms with Gasteiger partial charge < -0.3 is 14.5 Å². The molecule has 0 aliphatic carbocycles. The van der Waals surface area contributed by atoms with E-state index in [2.05, 4.69) is 4.74 Å². The van der Waals surface area contributed by atoms with Gasteiger partial charge in [-0.25, -0.2) is 9.18 Å². The average molecular weight is 379 g/mol. The Labute approximate surface area is 158 Å². The summed E-state index contributed by atoms with van der Waals surface area (Å²) in [5.41, 5.74) is 0.339. The van der Waals surface area contributed by atoms with Crippen LogP contribution < -0.4 is 4.90 Å². The summed E-state index contributed by atoms with van der Waals surface area (Å²) in [6.45, 7) is 3.71. The van der Waals surface area contributed by atoms with Crippen LogP contribution in [0.1, 0.15) is 26.2 Å². The molecular formula is C19H26FN3O4. The number of ether oxygens (including phenoxy) is 1. The fourth-order valence-corrected chi connectivity index (χ4v) is 3.04. The number of carbonyl (C=O) groups is 3. The Morgan fingerprint density at radius 2 is 2.07 bits per heavy atom. The first-order valence-electron chi connectivity index (χ1n) is 9.12. The minimum atomic E-state index is -0.482. The molecule has 1 heterocycles. The Bertz CT molecular complexity index is 683. The van der Waals surface area contributed by atoms with Crippen molar-refractivity contribution in [2.75, 3.05) is 44.7 Å². The quantitative estimate of drug-likeness (QED) is 0.711. The van der Waals surface area contributed by atoms with Crippen LogP contribution in [0.15, 0.2) is 24.3 Å². The lowest BCUT2D eigenvalue weighted by Crippen LogP contribution is -2.47. The molecule has 0 bridgehead atoms. The van der Waals surface area contributed by atoms with Crippen molar-refractivity contribution in [3.63, 3.8) is 0 Å². The second-order valence-electron chi connectivity index (χ2n) is 6.40. The van der Waals surface area contributed by atoms with Crippen molar-refractivity contribution < 1.29 is 23.5 Å². The summed E-state index contributed by atoms with van der Waals surface area (Å²) in [6.07, 6.45) is 1.50. The molecule has 148 valence electrons. The highest BCUT2D eigenvalue weighted by Crippen LogP contribution is 2.19. The Balaban J connectivity index is 2.19. The summed E-state index contributed by atoms with van der Waals surface area (Å²) < 4.78 is 18.3. The van der Waals surface area contributed by atoms with Gasteiger partial charge in [-0.05, 0) is 31.0 Å². The monoisotopic (exact) mass is 379 g/mol. The van der Waals surface area contributed by atoms with Gasteiger partial charge in [0.2, 0.25) is 5.91 Å². The molecule has 1 aliphatic heterocycles. The van der Waals surface area contributed by atoms with E-state index in [0.29, 0.717) is 31.7 Å². The fraction of sp³-hybridized carbons (Fsp3) is 0.526. The number of esters is 1. The Hall–Kier alpha value is -2.64. The zero-order valence-corrected chi connectivity index (χ0v) is 15.8. The number of amides is 3. The Morgan fingerprint density at radius 1 is 1.30 bits per heavy atom. The maximum absolute atomic E-state index is 13.7. The van der Waals surface area contributed by atoms with Crippen molar-refractivity contribution in [1.29, 1.82) is 0 Å². The van der Waals surface area contributed by atoms with Crippen LogP contribution >= 0.6 is 0 Å². The number of methoxy groups -OCH3 is 1. The van der Waals surface area contributed by atoms with Crippen molar-refractivity contribution in [3.05, 3.63) is 30.1 Å². The molecule has 0 N–H and O–H groups in total. The summed E-state index contributed by atoms with van der Waals surface area (Å²) in [6, 6.07) is 5.19. The van der Waals surface area contributed by atoms with Gasteiger partial charge in [0, 0.05) is 31.9 Å². The summed E-state index contributed by atoms with van der Waals surface area (Å²) in [5, 5.41) is 0. The molecule has 1 aliphatic rings. The molecule has 0 radical (unpaired) electrons. The van der Waals surface area contributed by atoms with Crippen LogP contribution in [0, 0.1) is 5.82 Å². The zero-order valence-electron chi connectivity index (χ0n) is 15.8. The zero-order chi connectivity index (χ0) is 19.8. The van der Waals surface area contributed by atoms with Crippen LogP contribution in [0.25, 0.3) is 0 Å². The second-order valence-corrected chi connectivity index (χ2v) is 6.40. The number of rotatable bonds is 6. The van der Waals surface area contributed by atoms with Crippen molar-refractivity contribution >= 4 is 23.6 Å². The van der Waals surface area contributed by atoms with E-state index in [4.69, 9.17) is 0 Å². The molecule has 1 aromatic carbocycles. The largest absolute Gasteiger partial charge is 0.469 e. The van der Waals surface area contributed by atoms with E-state index in [9.17, 15) is 18.8 Å². The third-order valence-corrected chi connectivity index (χ3v) is 4.42. The number of hydrogen-bond acceptors (Lipinski definition) is 4. The van der Waals surface area contributed by atoms with E-state index in [0.717, 1.165) is 6.42 Å².